The SMILES string of the molecule is CC(C)(C)C(=O)NCCCC(=O)NCC(c1ccc(Cl)cc1)N1CCOCC1. The lowest BCUT2D eigenvalue weighted by Crippen LogP contribution is -2.43. The second-order valence-corrected chi connectivity index (χ2v) is 8.57. The van der Waals surface area contributed by atoms with Crippen LogP contribution in [0.4, 0.5) is 0 Å². The fraction of sp³-hybridized carbons (Fsp3) is 0.619. The van der Waals surface area contributed by atoms with Crippen molar-refractivity contribution in [3.63, 3.8) is 0 Å². The zero-order valence-corrected chi connectivity index (χ0v) is 17.8. The number of carbonyl (C=O) groups excluding carboxylic acids is 2. The van der Waals surface area contributed by atoms with Gasteiger partial charge in [0.05, 0.1) is 19.3 Å². The van der Waals surface area contributed by atoms with Crippen LogP contribution in [0.1, 0.15) is 45.2 Å². The molecule has 2 amide bonds. The number of amides is 2. The molecule has 2 rings (SSSR count). The molecule has 1 aromatic rings. The maximum absolute atomic E-state index is 12.3. The minimum absolute atomic E-state index is 0.00256. The van der Waals surface area contributed by atoms with Crippen molar-refractivity contribution in [1.82, 2.24) is 15.5 Å². The Bertz CT molecular complexity index is 637. The number of nitrogens with one attached hydrogen (secondary N) is 2. The third kappa shape index (κ3) is 7.41. The second kappa shape index (κ2) is 10.8. The number of carbonyl (C=O) groups is 2. The molecule has 1 aromatic carbocycles. The minimum Gasteiger partial charge on any atom is -0.379 e. The van der Waals surface area contributed by atoms with Crippen molar-refractivity contribution in [2.75, 3.05) is 39.4 Å². The molecule has 156 valence electrons. The average Bonchev–Trinajstić information content (AvgIpc) is 2.66. The van der Waals surface area contributed by atoms with Gasteiger partial charge in [0.1, 0.15) is 0 Å². The topological polar surface area (TPSA) is 70.7 Å². The Hall–Kier alpha value is -1.63. The van der Waals surface area contributed by atoms with Crippen molar-refractivity contribution in [3.05, 3.63) is 34.9 Å². The Morgan fingerprint density at radius 3 is 2.39 bits per heavy atom. The molecule has 0 bridgehead atoms. The van der Waals surface area contributed by atoms with Gasteiger partial charge in [0.2, 0.25) is 11.8 Å². The zero-order valence-electron chi connectivity index (χ0n) is 17.1. The van der Waals surface area contributed by atoms with Crippen LogP contribution in [0, 0.1) is 5.41 Å². The molecule has 0 aliphatic carbocycles. The van der Waals surface area contributed by atoms with Crippen molar-refractivity contribution in [3.8, 4) is 0 Å². The van der Waals surface area contributed by atoms with Gasteiger partial charge >= 0.3 is 0 Å². The molecule has 0 saturated carbocycles. The summed E-state index contributed by atoms with van der Waals surface area (Å²) in [5.74, 6) is 0.000239. The molecule has 0 spiro atoms. The van der Waals surface area contributed by atoms with Crippen LogP contribution < -0.4 is 10.6 Å². The summed E-state index contributed by atoms with van der Waals surface area (Å²) in [5, 5.41) is 6.62. The zero-order chi connectivity index (χ0) is 20.6. The van der Waals surface area contributed by atoms with E-state index in [0.717, 1.165) is 18.7 Å². The number of nitrogens with zero attached hydrogens (tertiary/aromatic N) is 1. The molecular formula is C21H32ClN3O3. The van der Waals surface area contributed by atoms with Gasteiger partial charge in [-0.05, 0) is 24.1 Å². The Labute approximate surface area is 172 Å². The predicted molar refractivity (Wildman–Crippen MR) is 111 cm³/mol. The van der Waals surface area contributed by atoms with E-state index in [-0.39, 0.29) is 17.9 Å². The van der Waals surface area contributed by atoms with Gasteiger partial charge in [0, 0.05) is 43.0 Å². The molecule has 1 saturated heterocycles. The van der Waals surface area contributed by atoms with E-state index in [1.165, 1.54) is 0 Å². The molecule has 1 aliphatic rings. The van der Waals surface area contributed by atoms with Crippen LogP contribution in [0.5, 0.6) is 0 Å². The molecular weight excluding hydrogens is 378 g/mol. The normalized spacial score (nSPS) is 16.4. The van der Waals surface area contributed by atoms with E-state index in [0.29, 0.717) is 44.2 Å². The van der Waals surface area contributed by atoms with E-state index in [4.69, 9.17) is 16.3 Å². The Morgan fingerprint density at radius 2 is 1.79 bits per heavy atom. The van der Waals surface area contributed by atoms with Crippen molar-refractivity contribution in [1.29, 1.82) is 0 Å². The molecule has 6 nitrogen and oxygen atoms in total. The largest absolute Gasteiger partial charge is 0.379 e. The van der Waals surface area contributed by atoms with Crippen molar-refractivity contribution in [2.45, 2.75) is 39.7 Å². The van der Waals surface area contributed by atoms with Crippen molar-refractivity contribution < 1.29 is 14.3 Å². The second-order valence-electron chi connectivity index (χ2n) is 8.13. The first-order chi connectivity index (χ1) is 13.3. The monoisotopic (exact) mass is 409 g/mol. The third-order valence-corrected chi connectivity index (χ3v) is 5.03. The van der Waals surface area contributed by atoms with Crippen molar-refractivity contribution in [2.24, 2.45) is 5.41 Å². The summed E-state index contributed by atoms with van der Waals surface area (Å²) in [4.78, 5) is 26.4. The van der Waals surface area contributed by atoms with Crippen LogP contribution in [-0.4, -0.2) is 56.1 Å². The number of benzene rings is 1. The lowest BCUT2D eigenvalue weighted by atomic mass is 9.96. The quantitative estimate of drug-likeness (QED) is 0.648. The first-order valence-corrected chi connectivity index (χ1v) is 10.3. The maximum Gasteiger partial charge on any atom is 0.225 e. The highest BCUT2D eigenvalue weighted by atomic mass is 35.5. The van der Waals surface area contributed by atoms with Crippen LogP contribution in [0.2, 0.25) is 5.02 Å². The smallest absolute Gasteiger partial charge is 0.225 e. The number of ether oxygens (including phenoxy) is 1. The molecule has 28 heavy (non-hydrogen) atoms. The Balaban J connectivity index is 1.82. The third-order valence-electron chi connectivity index (χ3n) is 4.78. The molecule has 0 aromatic heterocycles. The van der Waals surface area contributed by atoms with Gasteiger partial charge in [-0.25, -0.2) is 0 Å². The molecule has 1 heterocycles. The maximum atomic E-state index is 12.3. The van der Waals surface area contributed by atoms with Gasteiger partial charge < -0.3 is 15.4 Å². The van der Waals surface area contributed by atoms with Crippen LogP contribution in [0.25, 0.3) is 0 Å². The summed E-state index contributed by atoms with van der Waals surface area (Å²) in [6.45, 7) is 9.73. The summed E-state index contributed by atoms with van der Waals surface area (Å²) in [6, 6.07) is 7.87. The van der Waals surface area contributed by atoms with Gasteiger partial charge in [-0.15, -0.1) is 0 Å². The summed E-state index contributed by atoms with van der Waals surface area (Å²) in [5.41, 5.74) is 0.718. The lowest BCUT2D eigenvalue weighted by Gasteiger charge is -2.35. The van der Waals surface area contributed by atoms with E-state index in [1.54, 1.807) is 0 Å². The lowest BCUT2D eigenvalue weighted by molar-refractivity contribution is -0.128. The molecule has 0 radical (unpaired) electrons. The Morgan fingerprint density at radius 1 is 1.14 bits per heavy atom. The number of hydrogen-bond acceptors (Lipinski definition) is 4. The highest BCUT2D eigenvalue weighted by Crippen LogP contribution is 2.23. The van der Waals surface area contributed by atoms with Crippen LogP contribution in [0.3, 0.4) is 0 Å². The van der Waals surface area contributed by atoms with Gasteiger partial charge in [0.15, 0.2) is 0 Å². The molecule has 7 heteroatoms. The van der Waals surface area contributed by atoms with Crippen LogP contribution >= 0.6 is 11.6 Å². The highest BCUT2D eigenvalue weighted by Gasteiger charge is 2.23. The highest BCUT2D eigenvalue weighted by molar-refractivity contribution is 6.30. The van der Waals surface area contributed by atoms with Gasteiger partial charge in [0.25, 0.3) is 0 Å². The number of hydrogen-bond donors (Lipinski definition) is 2. The standard InChI is InChI=1S/C21H32ClN3O3/c1-21(2,3)20(27)23-10-4-5-19(26)24-15-18(25-11-13-28-14-12-25)16-6-8-17(22)9-7-16/h6-9,18H,4-5,10-15H2,1-3H3,(H,23,27)(H,24,26). The summed E-state index contributed by atoms with van der Waals surface area (Å²) < 4.78 is 5.45. The minimum atomic E-state index is -0.410. The van der Waals surface area contributed by atoms with Gasteiger partial charge in [-0.3, -0.25) is 14.5 Å². The number of rotatable bonds is 8. The predicted octanol–water partition coefficient (Wildman–Crippen LogP) is 2.77. The molecule has 1 atom stereocenters. The van der Waals surface area contributed by atoms with E-state index >= 15 is 0 Å². The number of morpholine rings is 1. The Kier molecular flexibility index (Phi) is 8.73. The van der Waals surface area contributed by atoms with Crippen molar-refractivity contribution >= 4 is 23.4 Å². The van der Waals surface area contributed by atoms with E-state index in [2.05, 4.69) is 15.5 Å². The molecule has 1 fully saturated rings. The molecule has 2 N–H and O–H groups in total. The number of halogens is 1. The van der Waals surface area contributed by atoms with Crippen LogP contribution in [0.15, 0.2) is 24.3 Å². The average molecular weight is 410 g/mol. The van der Waals surface area contributed by atoms with Gasteiger partial charge in [-0.2, -0.15) is 0 Å². The summed E-state index contributed by atoms with van der Waals surface area (Å²) in [7, 11) is 0. The first kappa shape index (κ1) is 22.7. The van der Waals surface area contributed by atoms with E-state index in [1.807, 2.05) is 45.0 Å². The van der Waals surface area contributed by atoms with Gasteiger partial charge in [-0.1, -0.05) is 44.5 Å². The molecule has 1 unspecified atom stereocenters. The van der Waals surface area contributed by atoms with E-state index < -0.39 is 5.41 Å². The van der Waals surface area contributed by atoms with Crippen LogP contribution in [-0.2, 0) is 14.3 Å². The summed E-state index contributed by atoms with van der Waals surface area (Å²) in [6.07, 6.45) is 1.01. The fourth-order valence-corrected chi connectivity index (χ4v) is 3.17. The van der Waals surface area contributed by atoms with E-state index in [9.17, 15) is 9.59 Å². The molecule has 1 aliphatic heterocycles. The fourth-order valence-electron chi connectivity index (χ4n) is 3.05. The summed E-state index contributed by atoms with van der Waals surface area (Å²) >= 11 is 6.02. The first-order valence-electron chi connectivity index (χ1n) is 9.89.